The van der Waals surface area contributed by atoms with Gasteiger partial charge in [-0.2, -0.15) is 19.6 Å². The van der Waals surface area contributed by atoms with Crippen molar-refractivity contribution in [3.05, 3.63) is 65.2 Å². The van der Waals surface area contributed by atoms with Gasteiger partial charge in [0.15, 0.2) is 17.1 Å². The number of hydrogen-bond acceptors (Lipinski definition) is 9. The number of amides is 3. The van der Waals surface area contributed by atoms with Gasteiger partial charge in [0, 0.05) is 18.2 Å². The van der Waals surface area contributed by atoms with Crippen molar-refractivity contribution in [1.29, 1.82) is 0 Å². The molecular formula is C26H21FN8O4. The topological polar surface area (TPSA) is 144 Å². The van der Waals surface area contributed by atoms with Crippen LogP contribution in [0, 0.1) is 5.82 Å². The molecule has 3 amide bonds. The molecule has 1 saturated carbocycles. The number of rotatable bonds is 7. The molecule has 0 atom stereocenters. The lowest BCUT2D eigenvalue weighted by Crippen LogP contribution is -2.22. The zero-order chi connectivity index (χ0) is 26.5. The fraction of sp³-hybridized carbons (Fsp3) is 0.192. The number of halogens is 1. The Morgan fingerprint density at radius 1 is 1.08 bits per heavy atom. The molecule has 0 spiro atoms. The van der Waals surface area contributed by atoms with Gasteiger partial charge in [-0.25, -0.2) is 9.18 Å². The molecule has 2 aliphatic heterocycles. The number of imide groups is 1. The summed E-state index contributed by atoms with van der Waals surface area (Å²) in [4.78, 5) is 32.8. The van der Waals surface area contributed by atoms with E-state index >= 15 is 0 Å². The van der Waals surface area contributed by atoms with Crippen LogP contribution >= 0.6 is 0 Å². The van der Waals surface area contributed by atoms with Gasteiger partial charge in [0.2, 0.25) is 18.7 Å². The Kier molecular flexibility index (Phi) is 5.28. The number of carbonyl (C=O) groups excluding carboxylic acids is 2. The monoisotopic (exact) mass is 528 g/mol. The summed E-state index contributed by atoms with van der Waals surface area (Å²) in [6, 6.07) is 9.87. The van der Waals surface area contributed by atoms with Gasteiger partial charge in [-0.05, 0) is 59.9 Å². The molecule has 13 heteroatoms. The van der Waals surface area contributed by atoms with Gasteiger partial charge in [0.05, 0.1) is 6.20 Å². The van der Waals surface area contributed by atoms with Crippen molar-refractivity contribution in [3.8, 4) is 22.6 Å². The first kappa shape index (κ1) is 23.0. The van der Waals surface area contributed by atoms with Crippen molar-refractivity contribution in [2.75, 3.05) is 17.4 Å². The second-order valence-electron chi connectivity index (χ2n) is 9.31. The van der Waals surface area contributed by atoms with Crippen LogP contribution in [0.4, 0.5) is 21.1 Å². The van der Waals surface area contributed by atoms with E-state index in [1.165, 1.54) is 18.2 Å². The smallest absolute Gasteiger partial charge is 0.326 e. The Morgan fingerprint density at radius 3 is 2.77 bits per heavy atom. The van der Waals surface area contributed by atoms with Crippen LogP contribution in [-0.4, -0.2) is 44.4 Å². The lowest BCUT2D eigenvalue weighted by Gasteiger charge is -2.13. The minimum Gasteiger partial charge on any atom is -0.454 e. The number of carbonyl (C=O) groups is 2. The summed E-state index contributed by atoms with van der Waals surface area (Å²) in [6.45, 7) is 0.390. The van der Waals surface area contributed by atoms with E-state index in [0.717, 1.165) is 24.0 Å². The first-order chi connectivity index (χ1) is 19.0. The zero-order valence-corrected chi connectivity index (χ0v) is 20.3. The summed E-state index contributed by atoms with van der Waals surface area (Å²) >= 11 is 0. The molecule has 0 bridgehead atoms. The average Bonchev–Trinajstić information content (AvgIpc) is 3.30. The van der Waals surface area contributed by atoms with E-state index in [1.807, 2.05) is 18.2 Å². The summed E-state index contributed by atoms with van der Waals surface area (Å²) < 4.78 is 26.8. The van der Waals surface area contributed by atoms with E-state index < -0.39 is 11.9 Å². The van der Waals surface area contributed by atoms with Gasteiger partial charge >= 0.3 is 6.03 Å². The molecule has 39 heavy (non-hydrogen) atoms. The predicted molar refractivity (Wildman–Crippen MR) is 137 cm³/mol. The molecule has 4 N–H and O–H groups in total. The van der Waals surface area contributed by atoms with E-state index in [4.69, 9.17) is 9.47 Å². The quantitative estimate of drug-likeness (QED) is 0.210. The highest BCUT2D eigenvalue weighted by atomic mass is 19.1. The number of aromatic nitrogens is 4. The standard InChI is InChI=1S/C26H21FN8O4/c27-16-2-5-18(13-1-6-20-21(9-13)39-12-38-20)14(7-16)10-28-24-32-22-15(8-19-23(36)33-26(37)31-19)11-29-35(22)25(34-24)30-17-3-4-17/h1-2,5-9,11,17H,3-4,10,12H2,(H2,28,30,32,34)(H2,31,33,36,37)/b19-8-. The molecule has 2 aromatic carbocycles. The van der Waals surface area contributed by atoms with Crippen molar-refractivity contribution in [2.45, 2.75) is 25.4 Å². The Balaban J connectivity index is 1.23. The van der Waals surface area contributed by atoms with Crippen molar-refractivity contribution in [2.24, 2.45) is 0 Å². The van der Waals surface area contributed by atoms with Crippen molar-refractivity contribution in [1.82, 2.24) is 30.2 Å². The molecule has 1 aliphatic carbocycles. The summed E-state index contributed by atoms with van der Waals surface area (Å²) in [7, 11) is 0. The van der Waals surface area contributed by atoms with E-state index in [2.05, 4.69) is 36.3 Å². The van der Waals surface area contributed by atoms with Crippen LogP contribution in [-0.2, 0) is 11.3 Å². The number of ether oxygens (including phenoxy) is 2. The molecule has 3 aliphatic rings. The highest BCUT2D eigenvalue weighted by molar-refractivity contribution is 6.14. The third kappa shape index (κ3) is 4.43. The Hall–Kier alpha value is -5.20. The highest BCUT2D eigenvalue weighted by Gasteiger charge is 2.26. The van der Waals surface area contributed by atoms with E-state index in [-0.39, 0.29) is 36.8 Å². The molecule has 12 nitrogen and oxygen atoms in total. The molecule has 0 unspecified atom stereocenters. The van der Waals surface area contributed by atoms with Crippen LogP contribution in [0.1, 0.15) is 24.0 Å². The largest absolute Gasteiger partial charge is 0.454 e. The van der Waals surface area contributed by atoms with E-state index in [1.54, 1.807) is 16.8 Å². The third-order valence-corrected chi connectivity index (χ3v) is 6.51. The van der Waals surface area contributed by atoms with Crippen LogP contribution < -0.4 is 30.7 Å². The molecule has 4 aromatic rings. The molecule has 4 heterocycles. The predicted octanol–water partition coefficient (Wildman–Crippen LogP) is 3.03. The Morgan fingerprint density at radius 2 is 1.95 bits per heavy atom. The van der Waals surface area contributed by atoms with Crippen molar-refractivity contribution >= 4 is 35.6 Å². The summed E-state index contributed by atoms with van der Waals surface area (Å²) in [5.74, 6) is 1.15. The summed E-state index contributed by atoms with van der Waals surface area (Å²) in [5.41, 5.74) is 3.39. The Bertz CT molecular complexity index is 1700. The van der Waals surface area contributed by atoms with Gasteiger partial charge in [0.25, 0.3) is 5.91 Å². The number of anilines is 2. The number of nitrogens with zero attached hydrogens (tertiary/aromatic N) is 4. The lowest BCUT2D eigenvalue weighted by atomic mass is 9.99. The van der Waals surface area contributed by atoms with Crippen LogP contribution in [0.25, 0.3) is 22.9 Å². The molecule has 2 aromatic heterocycles. The second-order valence-corrected chi connectivity index (χ2v) is 9.31. The molecule has 196 valence electrons. The van der Waals surface area contributed by atoms with Gasteiger partial charge in [-0.3, -0.25) is 10.1 Å². The maximum Gasteiger partial charge on any atom is 0.326 e. The van der Waals surface area contributed by atoms with Crippen LogP contribution in [0.15, 0.2) is 48.3 Å². The van der Waals surface area contributed by atoms with Crippen LogP contribution in [0.2, 0.25) is 0 Å². The minimum absolute atomic E-state index is 0.0906. The SMILES string of the molecule is O=C1NC(=O)/C(=C/c2cnn3c(NC4CC4)nc(NCc4cc(F)ccc4-c4ccc5c(c4)OCO5)nc23)N1. The van der Waals surface area contributed by atoms with Crippen LogP contribution in [0.5, 0.6) is 11.5 Å². The fourth-order valence-corrected chi connectivity index (χ4v) is 4.45. The molecule has 2 fully saturated rings. The highest BCUT2D eigenvalue weighted by Crippen LogP contribution is 2.37. The van der Waals surface area contributed by atoms with E-state index in [9.17, 15) is 14.0 Å². The summed E-state index contributed by atoms with van der Waals surface area (Å²) in [5, 5.41) is 15.6. The zero-order valence-electron chi connectivity index (χ0n) is 20.3. The van der Waals surface area contributed by atoms with Gasteiger partial charge in [-0.1, -0.05) is 12.1 Å². The first-order valence-electron chi connectivity index (χ1n) is 12.3. The normalized spacial score (nSPS) is 17.0. The fourth-order valence-electron chi connectivity index (χ4n) is 4.45. The van der Waals surface area contributed by atoms with Gasteiger partial charge < -0.3 is 25.4 Å². The summed E-state index contributed by atoms with van der Waals surface area (Å²) in [6.07, 6.45) is 5.08. The Labute approximate surface area is 220 Å². The number of nitrogens with one attached hydrogen (secondary N) is 4. The first-order valence-corrected chi connectivity index (χ1v) is 12.3. The molecular weight excluding hydrogens is 507 g/mol. The van der Waals surface area contributed by atoms with Gasteiger partial charge in [-0.15, -0.1) is 0 Å². The maximum atomic E-state index is 14.3. The number of urea groups is 1. The minimum atomic E-state index is -0.593. The maximum absolute atomic E-state index is 14.3. The lowest BCUT2D eigenvalue weighted by molar-refractivity contribution is -0.115. The van der Waals surface area contributed by atoms with Crippen LogP contribution in [0.3, 0.4) is 0 Å². The van der Waals surface area contributed by atoms with Crippen molar-refractivity contribution in [3.63, 3.8) is 0 Å². The number of benzene rings is 2. The number of fused-ring (bicyclic) bond motifs is 2. The average molecular weight is 529 g/mol. The van der Waals surface area contributed by atoms with E-state index in [0.29, 0.717) is 34.2 Å². The molecule has 0 radical (unpaired) electrons. The second kappa shape index (κ2) is 8.97. The van der Waals surface area contributed by atoms with Gasteiger partial charge in [0.1, 0.15) is 11.5 Å². The van der Waals surface area contributed by atoms with Crippen molar-refractivity contribution < 1.29 is 23.5 Å². The number of hydrogen-bond donors (Lipinski definition) is 4. The third-order valence-electron chi connectivity index (χ3n) is 6.51. The molecule has 7 rings (SSSR count). The molecule has 1 saturated heterocycles.